The molecule has 0 aliphatic heterocycles. The number of sulfonamides is 1. The standard InChI is InChI=1S/C15H23ClN2O4S/c1-10(2)9-17-15(19)11(3)18(23(5,20)21)13-8-12(16)6-7-14(13)22-4/h6-8,10-11H,9H2,1-5H3,(H,17,19). The third-order valence-corrected chi connectivity index (χ3v) is 4.61. The Morgan fingerprint density at radius 2 is 1.96 bits per heavy atom. The van der Waals surface area contributed by atoms with E-state index in [4.69, 9.17) is 16.3 Å². The summed E-state index contributed by atoms with van der Waals surface area (Å²) in [4.78, 5) is 12.3. The molecule has 0 spiro atoms. The van der Waals surface area contributed by atoms with E-state index in [0.29, 0.717) is 17.3 Å². The van der Waals surface area contributed by atoms with E-state index in [9.17, 15) is 13.2 Å². The number of carbonyl (C=O) groups excluding carboxylic acids is 1. The second-order valence-corrected chi connectivity index (χ2v) is 7.99. The zero-order valence-corrected chi connectivity index (χ0v) is 15.5. The van der Waals surface area contributed by atoms with Crippen molar-refractivity contribution in [3.05, 3.63) is 23.2 Å². The van der Waals surface area contributed by atoms with Gasteiger partial charge in [-0.05, 0) is 31.0 Å². The fourth-order valence-electron chi connectivity index (χ4n) is 2.07. The molecule has 1 N–H and O–H groups in total. The number of anilines is 1. The molecule has 8 heteroatoms. The van der Waals surface area contributed by atoms with Gasteiger partial charge in [0.15, 0.2) is 0 Å². The van der Waals surface area contributed by atoms with E-state index in [0.717, 1.165) is 10.6 Å². The van der Waals surface area contributed by atoms with Crippen molar-refractivity contribution in [3.8, 4) is 5.75 Å². The molecule has 0 aromatic heterocycles. The van der Waals surface area contributed by atoms with Gasteiger partial charge in [-0.3, -0.25) is 9.10 Å². The molecule has 0 saturated carbocycles. The topological polar surface area (TPSA) is 75.7 Å². The van der Waals surface area contributed by atoms with Gasteiger partial charge >= 0.3 is 0 Å². The van der Waals surface area contributed by atoms with Gasteiger partial charge in [-0.15, -0.1) is 0 Å². The third kappa shape index (κ3) is 5.28. The van der Waals surface area contributed by atoms with Crippen LogP contribution < -0.4 is 14.4 Å². The zero-order valence-electron chi connectivity index (χ0n) is 14.0. The number of carbonyl (C=O) groups is 1. The van der Waals surface area contributed by atoms with Gasteiger partial charge in [-0.25, -0.2) is 8.42 Å². The molecule has 1 rings (SSSR count). The molecular formula is C15H23ClN2O4S. The van der Waals surface area contributed by atoms with Gasteiger partial charge in [0.05, 0.1) is 19.1 Å². The summed E-state index contributed by atoms with van der Waals surface area (Å²) in [5.41, 5.74) is 0.231. The molecule has 1 unspecified atom stereocenters. The first-order valence-corrected chi connectivity index (χ1v) is 9.41. The van der Waals surface area contributed by atoms with Crippen LogP contribution in [-0.2, 0) is 14.8 Å². The number of benzene rings is 1. The van der Waals surface area contributed by atoms with Crippen LogP contribution in [0, 0.1) is 5.92 Å². The number of hydrogen-bond donors (Lipinski definition) is 1. The highest BCUT2D eigenvalue weighted by molar-refractivity contribution is 7.92. The number of halogens is 1. The Morgan fingerprint density at radius 3 is 2.43 bits per heavy atom. The first-order chi connectivity index (χ1) is 10.6. The molecule has 0 saturated heterocycles. The molecule has 6 nitrogen and oxygen atoms in total. The highest BCUT2D eigenvalue weighted by atomic mass is 35.5. The molecule has 1 amide bonds. The van der Waals surface area contributed by atoms with Crippen molar-refractivity contribution in [2.24, 2.45) is 5.92 Å². The van der Waals surface area contributed by atoms with Crippen LogP contribution in [0.1, 0.15) is 20.8 Å². The monoisotopic (exact) mass is 362 g/mol. The average Bonchev–Trinajstić information content (AvgIpc) is 2.43. The molecule has 1 aromatic rings. The number of methoxy groups -OCH3 is 1. The maximum absolute atomic E-state index is 12.3. The minimum atomic E-state index is -3.72. The van der Waals surface area contributed by atoms with Crippen LogP contribution in [0.15, 0.2) is 18.2 Å². The second-order valence-electron chi connectivity index (χ2n) is 5.69. The van der Waals surface area contributed by atoms with Crippen molar-refractivity contribution in [3.63, 3.8) is 0 Å². The second kappa shape index (κ2) is 7.88. The predicted molar refractivity (Wildman–Crippen MR) is 92.6 cm³/mol. The Hall–Kier alpha value is -1.47. The maximum Gasteiger partial charge on any atom is 0.243 e. The molecule has 1 aromatic carbocycles. The van der Waals surface area contributed by atoms with Gasteiger partial charge in [-0.2, -0.15) is 0 Å². The van der Waals surface area contributed by atoms with Gasteiger partial charge in [0.2, 0.25) is 15.9 Å². The van der Waals surface area contributed by atoms with E-state index in [-0.39, 0.29) is 17.5 Å². The van der Waals surface area contributed by atoms with E-state index in [2.05, 4.69) is 5.32 Å². The van der Waals surface area contributed by atoms with Crippen LogP contribution in [0.5, 0.6) is 5.75 Å². The van der Waals surface area contributed by atoms with E-state index in [1.807, 2.05) is 13.8 Å². The summed E-state index contributed by atoms with van der Waals surface area (Å²) in [5, 5.41) is 3.09. The smallest absolute Gasteiger partial charge is 0.243 e. The Balaban J connectivity index is 3.26. The van der Waals surface area contributed by atoms with Crippen LogP contribution in [0.25, 0.3) is 0 Å². The fraction of sp³-hybridized carbons (Fsp3) is 0.533. The van der Waals surface area contributed by atoms with Crippen LogP contribution in [0.2, 0.25) is 5.02 Å². The summed E-state index contributed by atoms with van der Waals surface area (Å²) < 4.78 is 30.7. The summed E-state index contributed by atoms with van der Waals surface area (Å²) in [6, 6.07) is 3.69. The summed E-state index contributed by atoms with van der Waals surface area (Å²) >= 11 is 5.98. The minimum absolute atomic E-state index is 0.231. The number of amides is 1. The number of ether oxygens (including phenoxy) is 1. The molecule has 0 fully saturated rings. The lowest BCUT2D eigenvalue weighted by Gasteiger charge is -2.29. The maximum atomic E-state index is 12.3. The predicted octanol–water partition coefficient (Wildman–Crippen LogP) is 2.28. The van der Waals surface area contributed by atoms with Crippen molar-refractivity contribution in [1.82, 2.24) is 5.32 Å². The number of hydrogen-bond acceptors (Lipinski definition) is 4. The van der Waals surface area contributed by atoms with Gasteiger partial charge in [0, 0.05) is 11.6 Å². The van der Waals surface area contributed by atoms with E-state index in [1.165, 1.54) is 20.1 Å². The van der Waals surface area contributed by atoms with Gasteiger partial charge in [-0.1, -0.05) is 25.4 Å². The van der Waals surface area contributed by atoms with E-state index >= 15 is 0 Å². The molecule has 1 atom stereocenters. The minimum Gasteiger partial charge on any atom is -0.495 e. The lowest BCUT2D eigenvalue weighted by molar-refractivity contribution is -0.121. The number of rotatable bonds is 7. The summed E-state index contributed by atoms with van der Waals surface area (Å²) in [6.07, 6.45) is 1.04. The Morgan fingerprint density at radius 1 is 1.35 bits per heavy atom. The number of nitrogens with zero attached hydrogens (tertiary/aromatic N) is 1. The normalized spacial score (nSPS) is 12.8. The Kier molecular flexibility index (Phi) is 6.70. The first kappa shape index (κ1) is 19.6. The number of nitrogens with one attached hydrogen (secondary N) is 1. The quantitative estimate of drug-likeness (QED) is 0.807. The first-order valence-electron chi connectivity index (χ1n) is 7.18. The lowest BCUT2D eigenvalue weighted by atomic mass is 10.2. The van der Waals surface area contributed by atoms with Crippen molar-refractivity contribution in [1.29, 1.82) is 0 Å². The molecule has 130 valence electrons. The van der Waals surface area contributed by atoms with Crippen LogP contribution in [-0.4, -0.2) is 40.3 Å². The highest BCUT2D eigenvalue weighted by Crippen LogP contribution is 2.34. The van der Waals surface area contributed by atoms with Crippen LogP contribution in [0.3, 0.4) is 0 Å². The molecule has 0 bridgehead atoms. The largest absolute Gasteiger partial charge is 0.495 e. The van der Waals surface area contributed by atoms with Gasteiger partial charge in [0.25, 0.3) is 0 Å². The summed E-state index contributed by atoms with van der Waals surface area (Å²) in [5.74, 6) is 0.202. The molecule has 0 aliphatic rings. The highest BCUT2D eigenvalue weighted by Gasteiger charge is 2.31. The zero-order chi connectivity index (χ0) is 17.8. The molecular weight excluding hydrogens is 340 g/mol. The fourth-order valence-corrected chi connectivity index (χ4v) is 3.41. The molecule has 23 heavy (non-hydrogen) atoms. The Bertz CT molecular complexity index is 661. The molecule has 0 heterocycles. The van der Waals surface area contributed by atoms with Crippen LogP contribution in [0.4, 0.5) is 5.69 Å². The molecule has 0 aliphatic carbocycles. The third-order valence-electron chi connectivity index (χ3n) is 3.15. The van der Waals surface area contributed by atoms with E-state index in [1.54, 1.807) is 12.1 Å². The van der Waals surface area contributed by atoms with Gasteiger partial charge in [0.1, 0.15) is 11.8 Å². The summed E-state index contributed by atoms with van der Waals surface area (Å²) in [7, 11) is -2.29. The average molecular weight is 363 g/mol. The molecule has 0 radical (unpaired) electrons. The van der Waals surface area contributed by atoms with Crippen molar-refractivity contribution in [2.75, 3.05) is 24.2 Å². The van der Waals surface area contributed by atoms with Crippen LogP contribution >= 0.6 is 11.6 Å². The van der Waals surface area contributed by atoms with Crippen molar-refractivity contribution >= 4 is 33.2 Å². The SMILES string of the molecule is COc1ccc(Cl)cc1N(C(C)C(=O)NCC(C)C)S(C)(=O)=O. The lowest BCUT2D eigenvalue weighted by Crippen LogP contribution is -2.48. The van der Waals surface area contributed by atoms with Crippen molar-refractivity contribution < 1.29 is 17.9 Å². The van der Waals surface area contributed by atoms with E-state index < -0.39 is 16.1 Å². The Labute approximate surface area is 142 Å². The van der Waals surface area contributed by atoms with Crippen molar-refractivity contribution in [2.45, 2.75) is 26.8 Å². The summed E-state index contributed by atoms with van der Waals surface area (Å²) in [6.45, 7) is 5.91. The van der Waals surface area contributed by atoms with Gasteiger partial charge < -0.3 is 10.1 Å².